The number of methoxy groups -OCH3 is 1. The minimum absolute atomic E-state index is 0.0180. The molecule has 0 spiro atoms. The summed E-state index contributed by atoms with van der Waals surface area (Å²) in [4.78, 5) is 31.6. The molecule has 0 unspecified atom stereocenters. The summed E-state index contributed by atoms with van der Waals surface area (Å²) in [6.07, 6.45) is 3.28. The van der Waals surface area contributed by atoms with Gasteiger partial charge in [0.2, 0.25) is 0 Å². The summed E-state index contributed by atoms with van der Waals surface area (Å²) in [5.74, 6) is -1.17. The molecule has 0 radical (unpaired) electrons. The van der Waals surface area contributed by atoms with E-state index in [0.717, 1.165) is 5.56 Å². The van der Waals surface area contributed by atoms with E-state index in [1.807, 2.05) is 6.07 Å². The smallest absolute Gasteiger partial charge is 0.295 e. The van der Waals surface area contributed by atoms with Crippen LogP contribution < -0.4 is 4.74 Å². The van der Waals surface area contributed by atoms with Crippen LogP contribution in [0.15, 0.2) is 78.6 Å². The van der Waals surface area contributed by atoms with Crippen molar-refractivity contribution in [2.24, 2.45) is 0 Å². The molecule has 1 atom stereocenters. The predicted molar refractivity (Wildman–Crippen MR) is 117 cm³/mol. The first-order valence-corrected chi connectivity index (χ1v) is 9.94. The van der Waals surface area contributed by atoms with Crippen molar-refractivity contribution in [1.29, 1.82) is 0 Å². The highest BCUT2D eigenvalue weighted by Gasteiger charge is 2.46. The molecular formula is C24H19ClN2O4. The van der Waals surface area contributed by atoms with Gasteiger partial charge >= 0.3 is 0 Å². The van der Waals surface area contributed by atoms with Gasteiger partial charge in [-0.2, -0.15) is 0 Å². The Labute approximate surface area is 184 Å². The van der Waals surface area contributed by atoms with Gasteiger partial charge in [-0.05, 0) is 41.5 Å². The van der Waals surface area contributed by atoms with Crippen LogP contribution in [-0.4, -0.2) is 33.8 Å². The molecule has 31 heavy (non-hydrogen) atoms. The molecule has 3 aromatic rings. The number of ketones is 1. The number of carbonyl (C=O) groups excluding carboxylic acids is 2. The number of benzene rings is 2. The second-order valence-electron chi connectivity index (χ2n) is 7.07. The lowest BCUT2D eigenvalue weighted by molar-refractivity contribution is -0.140. The summed E-state index contributed by atoms with van der Waals surface area (Å²) >= 11 is 6.04. The zero-order valence-corrected chi connectivity index (χ0v) is 17.4. The van der Waals surface area contributed by atoms with E-state index in [4.69, 9.17) is 16.3 Å². The Morgan fingerprint density at radius 3 is 2.58 bits per heavy atom. The third-order valence-corrected chi connectivity index (χ3v) is 5.40. The van der Waals surface area contributed by atoms with E-state index < -0.39 is 17.7 Å². The fourth-order valence-corrected chi connectivity index (χ4v) is 3.77. The number of aromatic nitrogens is 1. The topological polar surface area (TPSA) is 79.7 Å². The van der Waals surface area contributed by atoms with E-state index >= 15 is 0 Å². The van der Waals surface area contributed by atoms with Crippen LogP contribution in [0.2, 0.25) is 5.02 Å². The van der Waals surface area contributed by atoms with E-state index in [0.29, 0.717) is 21.9 Å². The molecule has 1 fully saturated rings. The SMILES string of the molecule is COc1cccc(C(O)=C2C(=O)C(=O)N(Cc3cccnc3)[C@H]2c2ccc(Cl)cc2)c1. The van der Waals surface area contributed by atoms with Crippen LogP contribution in [0.3, 0.4) is 0 Å². The van der Waals surface area contributed by atoms with Gasteiger partial charge < -0.3 is 14.7 Å². The monoisotopic (exact) mass is 434 g/mol. The van der Waals surface area contributed by atoms with E-state index in [2.05, 4.69) is 4.98 Å². The van der Waals surface area contributed by atoms with Crippen molar-refractivity contribution >= 4 is 29.1 Å². The molecule has 6 nitrogen and oxygen atoms in total. The van der Waals surface area contributed by atoms with Crippen molar-refractivity contribution in [3.63, 3.8) is 0 Å². The molecule has 7 heteroatoms. The number of hydrogen-bond acceptors (Lipinski definition) is 5. The number of carbonyl (C=O) groups is 2. The summed E-state index contributed by atoms with van der Waals surface area (Å²) < 4.78 is 5.22. The second kappa shape index (κ2) is 8.62. The van der Waals surface area contributed by atoms with Crippen molar-refractivity contribution in [2.45, 2.75) is 12.6 Å². The fraction of sp³-hybridized carbons (Fsp3) is 0.125. The molecule has 1 amide bonds. The third kappa shape index (κ3) is 4.02. The van der Waals surface area contributed by atoms with Gasteiger partial charge in [-0.1, -0.05) is 41.9 Å². The van der Waals surface area contributed by atoms with Gasteiger partial charge in [-0.15, -0.1) is 0 Å². The number of Topliss-reactive ketones (excluding diaryl/α,β-unsaturated/α-hetero) is 1. The van der Waals surface area contributed by atoms with Crippen molar-refractivity contribution in [2.75, 3.05) is 7.11 Å². The molecule has 2 heterocycles. The Kier molecular flexibility index (Phi) is 5.73. The number of pyridine rings is 1. The lowest BCUT2D eigenvalue weighted by atomic mass is 9.95. The third-order valence-electron chi connectivity index (χ3n) is 5.14. The average molecular weight is 435 g/mol. The number of ether oxygens (including phenoxy) is 1. The number of hydrogen-bond donors (Lipinski definition) is 1. The molecule has 4 rings (SSSR count). The van der Waals surface area contributed by atoms with Gasteiger partial charge in [0, 0.05) is 29.5 Å². The lowest BCUT2D eigenvalue weighted by Gasteiger charge is -2.25. The second-order valence-corrected chi connectivity index (χ2v) is 7.51. The lowest BCUT2D eigenvalue weighted by Crippen LogP contribution is -2.29. The van der Waals surface area contributed by atoms with E-state index in [1.165, 1.54) is 12.0 Å². The van der Waals surface area contributed by atoms with Crippen LogP contribution in [0.1, 0.15) is 22.7 Å². The highest BCUT2D eigenvalue weighted by atomic mass is 35.5. The quantitative estimate of drug-likeness (QED) is 0.366. The Balaban J connectivity index is 1.86. The molecule has 1 aromatic heterocycles. The summed E-state index contributed by atoms with van der Waals surface area (Å²) in [5.41, 5.74) is 1.84. The van der Waals surface area contributed by atoms with Crippen LogP contribution in [0, 0.1) is 0 Å². The summed E-state index contributed by atoms with van der Waals surface area (Å²) in [6.45, 7) is 0.167. The maximum atomic E-state index is 13.0. The largest absolute Gasteiger partial charge is 0.507 e. The van der Waals surface area contributed by atoms with E-state index in [9.17, 15) is 14.7 Å². The summed E-state index contributed by atoms with van der Waals surface area (Å²) in [5, 5.41) is 11.6. The van der Waals surface area contributed by atoms with Crippen LogP contribution in [0.4, 0.5) is 0 Å². The van der Waals surface area contributed by atoms with Crippen molar-refractivity contribution in [3.8, 4) is 5.75 Å². The Morgan fingerprint density at radius 1 is 1.13 bits per heavy atom. The van der Waals surface area contributed by atoms with E-state index in [1.54, 1.807) is 67.0 Å². The van der Waals surface area contributed by atoms with Crippen LogP contribution in [0.5, 0.6) is 5.75 Å². The Hall–Kier alpha value is -3.64. The van der Waals surface area contributed by atoms with Gasteiger partial charge in [0.1, 0.15) is 11.5 Å². The molecule has 0 saturated carbocycles. The number of nitrogens with zero attached hydrogens (tertiary/aromatic N) is 2. The first kappa shape index (κ1) is 20.6. The normalized spacial score (nSPS) is 17.7. The standard InChI is InChI=1S/C24H19ClN2O4/c1-31-19-6-2-5-17(12-19)22(28)20-21(16-7-9-18(25)10-8-16)27(24(30)23(20)29)14-15-4-3-11-26-13-15/h2-13,21,28H,14H2,1H3/t21-/m0/s1. The molecule has 1 N–H and O–H groups in total. The zero-order chi connectivity index (χ0) is 22.0. The average Bonchev–Trinajstić information content (AvgIpc) is 3.05. The highest BCUT2D eigenvalue weighted by molar-refractivity contribution is 6.46. The fourth-order valence-electron chi connectivity index (χ4n) is 3.65. The number of aliphatic hydroxyl groups is 1. The van der Waals surface area contributed by atoms with Crippen molar-refractivity contribution in [3.05, 3.63) is 100 Å². The molecular weight excluding hydrogens is 416 g/mol. The first-order valence-electron chi connectivity index (χ1n) is 9.57. The van der Waals surface area contributed by atoms with Crippen LogP contribution >= 0.6 is 11.6 Å². The first-order chi connectivity index (χ1) is 15.0. The van der Waals surface area contributed by atoms with Gasteiger partial charge in [-0.25, -0.2) is 0 Å². The number of rotatable bonds is 5. The molecule has 1 saturated heterocycles. The molecule has 156 valence electrons. The zero-order valence-electron chi connectivity index (χ0n) is 16.7. The molecule has 1 aliphatic heterocycles. The Bertz CT molecular complexity index is 1160. The maximum Gasteiger partial charge on any atom is 0.295 e. The number of likely N-dealkylation sites (tertiary alicyclic amines) is 1. The predicted octanol–water partition coefficient (Wildman–Crippen LogP) is 4.37. The van der Waals surface area contributed by atoms with Crippen LogP contribution in [-0.2, 0) is 16.1 Å². The highest BCUT2D eigenvalue weighted by Crippen LogP contribution is 2.40. The number of aliphatic hydroxyl groups excluding tert-OH is 1. The molecule has 1 aliphatic rings. The van der Waals surface area contributed by atoms with Crippen molar-refractivity contribution in [1.82, 2.24) is 9.88 Å². The van der Waals surface area contributed by atoms with Gasteiger partial charge in [-0.3, -0.25) is 14.6 Å². The van der Waals surface area contributed by atoms with Crippen LogP contribution in [0.25, 0.3) is 5.76 Å². The van der Waals surface area contributed by atoms with Gasteiger partial charge in [0.25, 0.3) is 11.7 Å². The maximum absolute atomic E-state index is 13.0. The van der Waals surface area contributed by atoms with Gasteiger partial charge in [0.05, 0.1) is 18.7 Å². The summed E-state index contributed by atoms with van der Waals surface area (Å²) in [7, 11) is 1.51. The van der Waals surface area contributed by atoms with E-state index in [-0.39, 0.29) is 17.9 Å². The molecule has 0 bridgehead atoms. The summed E-state index contributed by atoms with van der Waals surface area (Å²) in [6, 6.07) is 16.4. The molecule has 0 aliphatic carbocycles. The minimum Gasteiger partial charge on any atom is -0.507 e. The Morgan fingerprint density at radius 2 is 1.90 bits per heavy atom. The number of halogens is 1. The van der Waals surface area contributed by atoms with Crippen molar-refractivity contribution < 1.29 is 19.4 Å². The van der Waals surface area contributed by atoms with Gasteiger partial charge in [0.15, 0.2) is 0 Å². The minimum atomic E-state index is -0.774. The molecule has 2 aromatic carbocycles. The number of amides is 1.